The first-order valence-corrected chi connectivity index (χ1v) is 8.44. The third-order valence-electron chi connectivity index (χ3n) is 5.31. The fourth-order valence-electron chi connectivity index (χ4n) is 4.07. The van der Waals surface area contributed by atoms with E-state index in [0.717, 1.165) is 25.0 Å². The number of carboxylic acids is 1. The van der Waals surface area contributed by atoms with Crippen molar-refractivity contribution in [2.45, 2.75) is 57.2 Å². The number of fused-ring (bicyclic) bond motifs is 2. The van der Waals surface area contributed by atoms with Gasteiger partial charge in [0.1, 0.15) is 17.0 Å². The van der Waals surface area contributed by atoms with Gasteiger partial charge in [-0.1, -0.05) is 6.92 Å². The summed E-state index contributed by atoms with van der Waals surface area (Å²) in [6, 6.07) is 1.71. The van der Waals surface area contributed by atoms with Crippen LogP contribution in [0.4, 0.5) is 0 Å². The van der Waals surface area contributed by atoms with Crippen molar-refractivity contribution in [1.82, 2.24) is 9.38 Å². The molecule has 2 bridgehead atoms. The lowest BCUT2D eigenvalue weighted by Gasteiger charge is -2.43. The van der Waals surface area contributed by atoms with Crippen LogP contribution >= 0.6 is 0 Å². The number of hydrogen-bond acceptors (Lipinski definition) is 4. The van der Waals surface area contributed by atoms with E-state index in [0.29, 0.717) is 18.0 Å². The van der Waals surface area contributed by atoms with E-state index in [4.69, 9.17) is 14.5 Å². The molecule has 0 radical (unpaired) electrons. The Kier molecular flexibility index (Phi) is 3.19. The largest absolute Gasteiger partial charge is 0.490 e. The summed E-state index contributed by atoms with van der Waals surface area (Å²) in [6.45, 7) is 6.61. The summed E-state index contributed by atoms with van der Waals surface area (Å²) in [5.74, 6) is -0.641. The quantitative estimate of drug-likeness (QED) is 0.912. The van der Waals surface area contributed by atoms with Gasteiger partial charge in [-0.15, -0.1) is 0 Å². The molecule has 1 N–H and O–H groups in total. The van der Waals surface area contributed by atoms with Gasteiger partial charge in [0.15, 0.2) is 0 Å². The smallest absolute Gasteiger partial charge is 0.341 e. The zero-order chi connectivity index (χ0) is 17.1. The zero-order valence-electron chi connectivity index (χ0n) is 14.2. The van der Waals surface area contributed by atoms with E-state index in [1.807, 2.05) is 20.0 Å². The van der Waals surface area contributed by atoms with Crippen molar-refractivity contribution >= 4 is 11.6 Å². The van der Waals surface area contributed by atoms with Crippen LogP contribution in [0.2, 0.25) is 0 Å². The molecule has 0 spiro atoms. The average molecular weight is 330 g/mol. The first-order chi connectivity index (χ1) is 11.4. The van der Waals surface area contributed by atoms with E-state index in [1.165, 1.54) is 0 Å². The molecule has 2 aliphatic heterocycles. The lowest BCUT2D eigenvalue weighted by atomic mass is 9.60. The van der Waals surface area contributed by atoms with Gasteiger partial charge in [0, 0.05) is 23.9 Å². The van der Waals surface area contributed by atoms with Crippen LogP contribution in [0.15, 0.2) is 18.5 Å². The standard InChI is InChI=1S/C18H22N2O4/c1-4-18-8-17(9-18,10-23-18)14-7-20-6-12(16(21)22)13(24-11(2)3)5-15(20)19-14/h5-7,11H,4,8-10H2,1-3H3,(H,21,22). The maximum atomic E-state index is 11.5. The van der Waals surface area contributed by atoms with Gasteiger partial charge in [-0.25, -0.2) is 9.78 Å². The van der Waals surface area contributed by atoms with E-state index >= 15 is 0 Å². The molecule has 0 aromatic carbocycles. The normalized spacial score (nSPS) is 28.3. The van der Waals surface area contributed by atoms with Crippen LogP contribution in [0, 0.1) is 0 Å². The molecule has 128 valence electrons. The Labute approximate surface area is 140 Å². The topological polar surface area (TPSA) is 73.1 Å². The van der Waals surface area contributed by atoms with Gasteiger partial charge in [-0.2, -0.15) is 0 Å². The van der Waals surface area contributed by atoms with Crippen LogP contribution < -0.4 is 4.74 Å². The molecule has 3 aliphatic rings. The molecule has 4 heterocycles. The molecule has 0 amide bonds. The molecule has 2 aromatic heterocycles. The lowest BCUT2D eigenvalue weighted by molar-refractivity contribution is -0.00634. The molecule has 24 heavy (non-hydrogen) atoms. The molecule has 2 saturated heterocycles. The van der Waals surface area contributed by atoms with Crippen LogP contribution in [-0.4, -0.2) is 38.8 Å². The highest BCUT2D eigenvalue weighted by Crippen LogP contribution is 2.59. The monoisotopic (exact) mass is 330 g/mol. The number of aromatic carboxylic acids is 1. The van der Waals surface area contributed by atoms with Gasteiger partial charge in [0.25, 0.3) is 0 Å². The fraction of sp³-hybridized carbons (Fsp3) is 0.556. The van der Waals surface area contributed by atoms with Crippen molar-refractivity contribution in [2.75, 3.05) is 6.61 Å². The Bertz CT molecular complexity index is 818. The van der Waals surface area contributed by atoms with Crippen molar-refractivity contribution in [2.24, 2.45) is 0 Å². The predicted molar refractivity (Wildman–Crippen MR) is 87.8 cm³/mol. The number of rotatable bonds is 5. The highest BCUT2D eigenvalue weighted by molar-refractivity contribution is 5.91. The van der Waals surface area contributed by atoms with E-state index in [1.54, 1.807) is 16.7 Å². The maximum absolute atomic E-state index is 11.5. The Morgan fingerprint density at radius 1 is 1.46 bits per heavy atom. The van der Waals surface area contributed by atoms with Gasteiger partial charge in [-0.3, -0.25) is 0 Å². The maximum Gasteiger partial charge on any atom is 0.341 e. The SMILES string of the molecule is CCC12CC(c3cn4cc(C(=O)O)c(OC(C)C)cc4n3)(CO1)C2. The highest BCUT2D eigenvalue weighted by Gasteiger charge is 2.63. The first-order valence-electron chi connectivity index (χ1n) is 8.44. The van der Waals surface area contributed by atoms with Crippen LogP contribution in [0.1, 0.15) is 56.1 Å². The summed E-state index contributed by atoms with van der Waals surface area (Å²) < 4.78 is 13.4. The minimum Gasteiger partial charge on any atom is -0.490 e. The van der Waals surface area contributed by atoms with Gasteiger partial charge in [0.2, 0.25) is 0 Å². The van der Waals surface area contributed by atoms with E-state index in [-0.39, 0.29) is 22.7 Å². The Morgan fingerprint density at radius 2 is 2.21 bits per heavy atom. The number of nitrogens with zero attached hydrogens (tertiary/aromatic N) is 2. The number of pyridine rings is 1. The highest BCUT2D eigenvalue weighted by atomic mass is 16.5. The van der Waals surface area contributed by atoms with Crippen LogP contribution in [-0.2, 0) is 10.2 Å². The van der Waals surface area contributed by atoms with Crippen molar-refractivity contribution in [3.8, 4) is 5.75 Å². The number of carbonyl (C=O) groups is 1. The van der Waals surface area contributed by atoms with Gasteiger partial charge in [0.05, 0.1) is 24.0 Å². The summed E-state index contributed by atoms with van der Waals surface area (Å²) in [7, 11) is 0. The molecule has 1 aliphatic carbocycles. The number of aromatic nitrogens is 2. The van der Waals surface area contributed by atoms with Gasteiger partial charge < -0.3 is 19.0 Å². The summed E-state index contributed by atoms with van der Waals surface area (Å²) >= 11 is 0. The Morgan fingerprint density at radius 3 is 2.79 bits per heavy atom. The third kappa shape index (κ3) is 2.13. The molecule has 5 rings (SSSR count). The number of imidazole rings is 1. The molecule has 0 unspecified atom stereocenters. The van der Waals surface area contributed by atoms with E-state index < -0.39 is 5.97 Å². The van der Waals surface area contributed by atoms with Gasteiger partial charge in [-0.05, 0) is 33.1 Å². The minimum atomic E-state index is -1.00. The third-order valence-corrected chi connectivity index (χ3v) is 5.31. The second-order valence-electron chi connectivity index (χ2n) is 7.37. The predicted octanol–water partition coefficient (Wildman–Crippen LogP) is 3.03. The van der Waals surface area contributed by atoms with Crippen molar-refractivity contribution < 1.29 is 19.4 Å². The molecular weight excluding hydrogens is 308 g/mol. The van der Waals surface area contributed by atoms with Crippen LogP contribution in [0.5, 0.6) is 5.75 Å². The van der Waals surface area contributed by atoms with Crippen molar-refractivity contribution in [1.29, 1.82) is 0 Å². The molecule has 6 heteroatoms. The molecule has 1 saturated carbocycles. The van der Waals surface area contributed by atoms with Crippen molar-refractivity contribution in [3.63, 3.8) is 0 Å². The molecule has 0 atom stereocenters. The number of ether oxygens (including phenoxy) is 2. The Hall–Kier alpha value is -2.08. The molecule has 6 nitrogen and oxygen atoms in total. The van der Waals surface area contributed by atoms with E-state index in [9.17, 15) is 9.90 Å². The summed E-state index contributed by atoms with van der Waals surface area (Å²) in [5.41, 5.74) is 1.87. The Balaban J connectivity index is 1.75. The summed E-state index contributed by atoms with van der Waals surface area (Å²) in [5, 5.41) is 9.45. The molecule has 2 aromatic rings. The first kappa shape index (κ1) is 15.4. The minimum absolute atomic E-state index is 0.00944. The number of carboxylic acid groups (broad SMARTS) is 1. The molecule has 3 fully saturated rings. The average Bonchev–Trinajstić information content (AvgIpc) is 3.15. The molecular formula is C18H22N2O4. The van der Waals surface area contributed by atoms with E-state index in [2.05, 4.69) is 6.92 Å². The summed E-state index contributed by atoms with van der Waals surface area (Å²) in [6.07, 6.45) is 6.46. The van der Waals surface area contributed by atoms with Crippen molar-refractivity contribution in [3.05, 3.63) is 29.7 Å². The van der Waals surface area contributed by atoms with Crippen LogP contribution in [0.25, 0.3) is 5.65 Å². The van der Waals surface area contributed by atoms with Crippen LogP contribution in [0.3, 0.4) is 0 Å². The fourth-order valence-corrected chi connectivity index (χ4v) is 4.07. The summed E-state index contributed by atoms with van der Waals surface area (Å²) in [4.78, 5) is 16.3. The lowest BCUT2D eigenvalue weighted by Crippen LogP contribution is -2.46. The number of hydrogen-bond donors (Lipinski definition) is 1. The second kappa shape index (κ2) is 4.96. The van der Waals surface area contributed by atoms with Gasteiger partial charge >= 0.3 is 5.97 Å². The zero-order valence-corrected chi connectivity index (χ0v) is 14.2. The second-order valence-corrected chi connectivity index (χ2v) is 7.37.